The maximum absolute atomic E-state index is 13.2. The van der Waals surface area contributed by atoms with E-state index < -0.39 is 21.3 Å². The van der Waals surface area contributed by atoms with Crippen molar-refractivity contribution in [1.82, 2.24) is 25.0 Å². The molecule has 0 bridgehead atoms. The van der Waals surface area contributed by atoms with E-state index in [1.165, 1.54) is 16.7 Å². The van der Waals surface area contributed by atoms with Gasteiger partial charge >= 0.3 is 0 Å². The van der Waals surface area contributed by atoms with Gasteiger partial charge in [0.2, 0.25) is 11.8 Å². The Morgan fingerprint density at radius 1 is 1.25 bits per heavy atom. The highest BCUT2D eigenvalue weighted by Gasteiger charge is 2.50. The molecule has 1 N–H and O–H groups in total. The lowest BCUT2D eigenvalue weighted by Gasteiger charge is -2.47. The summed E-state index contributed by atoms with van der Waals surface area (Å²) in [6.45, 7) is 4.02. The summed E-state index contributed by atoms with van der Waals surface area (Å²) < 4.78 is 25.6. The molecule has 2 saturated heterocycles. The van der Waals surface area contributed by atoms with Gasteiger partial charge in [-0.3, -0.25) is 19.7 Å². The Kier molecular flexibility index (Phi) is 6.44. The summed E-state index contributed by atoms with van der Waals surface area (Å²) in [7, 11) is -3.08. The van der Waals surface area contributed by atoms with E-state index >= 15 is 0 Å². The van der Waals surface area contributed by atoms with E-state index in [-0.39, 0.29) is 41.5 Å². The zero-order valence-electron chi connectivity index (χ0n) is 17.8. The van der Waals surface area contributed by atoms with Crippen molar-refractivity contribution in [1.29, 1.82) is 0 Å². The van der Waals surface area contributed by atoms with Crippen LogP contribution < -0.4 is 5.32 Å². The van der Waals surface area contributed by atoms with E-state index in [1.807, 2.05) is 0 Å². The number of piperazine rings is 1. The number of allylic oxidation sites excluding steroid dienone is 1. The van der Waals surface area contributed by atoms with Crippen molar-refractivity contribution in [3.8, 4) is 0 Å². The van der Waals surface area contributed by atoms with Gasteiger partial charge in [0.25, 0.3) is 5.91 Å². The SMILES string of the molecule is C=CCn1c(SCC(=O)N2CC(=O)NC(=O)C23CCCCC3)nnc1[C@H]1CCS(=O)(=O)C1. The predicted molar refractivity (Wildman–Crippen MR) is 118 cm³/mol. The predicted octanol–water partition coefficient (Wildman–Crippen LogP) is 0.646. The Morgan fingerprint density at radius 2 is 2.00 bits per heavy atom. The second kappa shape index (κ2) is 8.97. The van der Waals surface area contributed by atoms with E-state index in [0.717, 1.165) is 19.3 Å². The Labute approximate surface area is 191 Å². The number of hydrogen-bond acceptors (Lipinski definition) is 8. The Bertz CT molecular complexity index is 1040. The van der Waals surface area contributed by atoms with Crippen molar-refractivity contribution in [3.63, 3.8) is 0 Å². The van der Waals surface area contributed by atoms with Crippen LogP contribution in [0.2, 0.25) is 0 Å². The first-order valence-corrected chi connectivity index (χ1v) is 13.6. The van der Waals surface area contributed by atoms with Crippen molar-refractivity contribution in [3.05, 3.63) is 18.5 Å². The molecule has 3 amide bonds. The van der Waals surface area contributed by atoms with Crippen LogP contribution in [0.5, 0.6) is 0 Å². The highest BCUT2D eigenvalue weighted by atomic mass is 32.2. The van der Waals surface area contributed by atoms with Crippen LogP contribution in [0.3, 0.4) is 0 Å². The van der Waals surface area contributed by atoms with Crippen LogP contribution in [0.25, 0.3) is 0 Å². The summed E-state index contributed by atoms with van der Waals surface area (Å²) in [5.41, 5.74) is -0.956. The lowest BCUT2D eigenvalue weighted by atomic mass is 9.78. The topological polar surface area (TPSA) is 131 Å². The molecule has 0 unspecified atom stereocenters. The molecule has 12 heteroatoms. The summed E-state index contributed by atoms with van der Waals surface area (Å²) in [5.74, 6) is -0.621. The number of carbonyl (C=O) groups excluding carboxylic acids is 3. The molecule has 174 valence electrons. The van der Waals surface area contributed by atoms with Crippen molar-refractivity contribution in [2.75, 3.05) is 23.8 Å². The molecular weight excluding hydrogens is 454 g/mol. The molecule has 4 rings (SSSR count). The third-order valence-corrected chi connectivity index (χ3v) is 9.17. The number of rotatable bonds is 6. The summed E-state index contributed by atoms with van der Waals surface area (Å²) in [4.78, 5) is 39.3. The average Bonchev–Trinajstić information content (AvgIpc) is 3.32. The van der Waals surface area contributed by atoms with Gasteiger partial charge in [0.15, 0.2) is 15.0 Å². The average molecular weight is 482 g/mol. The highest BCUT2D eigenvalue weighted by Crippen LogP contribution is 2.36. The molecule has 1 atom stereocenters. The zero-order valence-corrected chi connectivity index (χ0v) is 19.4. The van der Waals surface area contributed by atoms with Crippen LogP contribution in [0.4, 0.5) is 0 Å². The number of imide groups is 1. The van der Waals surface area contributed by atoms with E-state index in [9.17, 15) is 22.8 Å². The molecular formula is C20H27N5O5S2. The van der Waals surface area contributed by atoms with E-state index in [4.69, 9.17) is 0 Å². The van der Waals surface area contributed by atoms with Gasteiger partial charge in [0.05, 0.1) is 17.3 Å². The van der Waals surface area contributed by atoms with Gasteiger partial charge in [-0.1, -0.05) is 37.1 Å². The van der Waals surface area contributed by atoms with Gasteiger partial charge in [0, 0.05) is 12.5 Å². The molecule has 10 nitrogen and oxygen atoms in total. The molecule has 1 aliphatic carbocycles. The molecule has 1 spiro atoms. The quantitative estimate of drug-likeness (QED) is 0.356. The lowest BCUT2D eigenvalue weighted by Crippen LogP contribution is -2.69. The molecule has 3 heterocycles. The molecule has 32 heavy (non-hydrogen) atoms. The fourth-order valence-corrected chi connectivity index (χ4v) is 7.44. The minimum Gasteiger partial charge on any atom is -0.318 e. The number of carbonyl (C=O) groups is 3. The van der Waals surface area contributed by atoms with Crippen LogP contribution in [0, 0.1) is 0 Å². The normalized spacial score (nSPS) is 24.5. The number of thioether (sulfide) groups is 1. The van der Waals surface area contributed by atoms with E-state index in [2.05, 4.69) is 22.1 Å². The zero-order chi connectivity index (χ0) is 22.9. The minimum atomic E-state index is -3.08. The van der Waals surface area contributed by atoms with Gasteiger partial charge < -0.3 is 9.47 Å². The summed E-state index contributed by atoms with van der Waals surface area (Å²) in [5, 5.41) is 11.3. The summed E-state index contributed by atoms with van der Waals surface area (Å²) in [6, 6.07) is 0. The van der Waals surface area contributed by atoms with Crippen LogP contribution in [-0.2, 0) is 30.8 Å². The van der Waals surface area contributed by atoms with Gasteiger partial charge in [-0.25, -0.2) is 8.42 Å². The van der Waals surface area contributed by atoms with Crippen LogP contribution in [-0.4, -0.2) is 75.1 Å². The Morgan fingerprint density at radius 3 is 2.66 bits per heavy atom. The second-order valence-corrected chi connectivity index (χ2v) is 11.7. The largest absolute Gasteiger partial charge is 0.318 e. The highest BCUT2D eigenvalue weighted by molar-refractivity contribution is 7.99. The molecule has 0 aromatic carbocycles. The van der Waals surface area contributed by atoms with Crippen molar-refractivity contribution < 1.29 is 22.8 Å². The number of aromatic nitrogens is 3. The minimum absolute atomic E-state index is 0.000547. The fraction of sp³-hybridized carbons (Fsp3) is 0.650. The first-order chi connectivity index (χ1) is 15.3. The van der Waals surface area contributed by atoms with Gasteiger partial charge in [0.1, 0.15) is 17.9 Å². The first kappa shape index (κ1) is 23.0. The van der Waals surface area contributed by atoms with Gasteiger partial charge in [-0.2, -0.15) is 0 Å². The lowest BCUT2D eigenvalue weighted by molar-refractivity contribution is -0.158. The standard InChI is InChI=1S/C20H27N5O5S2/c1-2-9-24-17(14-6-10-32(29,30)13-14)22-23-19(24)31-12-16(27)25-11-15(26)21-18(28)20(25)7-4-3-5-8-20/h2,14H,1,3-13H2,(H,21,26,28)/t14-/m0/s1. The second-order valence-electron chi connectivity index (χ2n) is 8.58. The summed E-state index contributed by atoms with van der Waals surface area (Å²) in [6.07, 6.45) is 5.94. The van der Waals surface area contributed by atoms with Crippen molar-refractivity contribution in [2.24, 2.45) is 0 Å². The Balaban J connectivity index is 1.51. The van der Waals surface area contributed by atoms with Crippen molar-refractivity contribution in [2.45, 2.75) is 61.7 Å². The first-order valence-electron chi connectivity index (χ1n) is 10.8. The summed E-state index contributed by atoms with van der Waals surface area (Å²) >= 11 is 1.18. The molecule has 1 aromatic rings. The number of hydrogen-bond donors (Lipinski definition) is 1. The number of nitrogens with one attached hydrogen (secondary N) is 1. The smallest absolute Gasteiger partial charge is 0.252 e. The van der Waals surface area contributed by atoms with Crippen LogP contribution in [0.15, 0.2) is 17.8 Å². The molecule has 0 radical (unpaired) electrons. The van der Waals surface area contributed by atoms with Crippen molar-refractivity contribution >= 4 is 39.3 Å². The molecule has 3 fully saturated rings. The number of sulfone groups is 1. The van der Waals surface area contributed by atoms with E-state index in [0.29, 0.717) is 36.8 Å². The maximum atomic E-state index is 13.2. The molecule has 2 aliphatic heterocycles. The number of nitrogens with zero attached hydrogens (tertiary/aromatic N) is 4. The Hall–Kier alpha value is -2.21. The molecule has 1 saturated carbocycles. The fourth-order valence-electron chi connectivity index (χ4n) is 4.87. The number of amides is 3. The van der Waals surface area contributed by atoms with Gasteiger partial charge in [-0.05, 0) is 19.3 Å². The van der Waals surface area contributed by atoms with Crippen LogP contribution >= 0.6 is 11.8 Å². The van der Waals surface area contributed by atoms with Crippen LogP contribution in [0.1, 0.15) is 50.3 Å². The monoisotopic (exact) mass is 481 g/mol. The third kappa shape index (κ3) is 4.34. The molecule has 1 aromatic heterocycles. The third-order valence-electron chi connectivity index (χ3n) is 6.46. The van der Waals surface area contributed by atoms with Gasteiger partial charge in [-0.15, -0.1) is 16.8 Å². The maximum Gasteiger partial charge on any atom is 0.252 e. The van der Waals surface area contributed by atoms with E-state index in [1.54, 1.807) is 10.6 Å². The molecule has 3 aliphatic rings.